The van der Waals surface area contributed by atoms with E-state index in [1.807, 2.05) is 24.3 Å². The molecule has 178 valence electrons. The number of nitrogens with zero attached hydrogens (tertiary/aromatic N) is 1. The summed E-state index contributed by atoms with van der Waals surface area (Å²) >= 11 is 0. The minimum absolute atomic E-state index is 0.0140. The van der Waals surface area contributed by atoms with Crippen LogP contribution in [0, 0.1) is 17.6 Å². The van der Waals surface area contributed by atoms with E-state index in [1.54, 1.807) is 19.1 Å². The summed E-state index contributed by atoms with van der Waals surface area (Å²) in [6, 6.07) is 11.1. The summed E-state index contributed by atoms with van der Waals surface area (Å²) in [6.45, 7) is 1.25. The molecule has 33 heavy (non-hydrogen) atoms. The standard InChI is InChI=1S/C25H31F2N3O3/c1-30-16-22(28-14-17-6-8-23(33-2)9-7-17)5-3-4-19(12-24(30)31)25(32)29-15-18-10-20(26)13-21(27)11-18/h6-11,13,19,22,28H,3-5,12,14-16H2,1-2H3,(H,29,32). The summed E-state index contributed by atoms with van der Waals surface area (Å²) in [5.41, 5.74) is 1.46. The first-order chi connectivity index (χ1) is 15.8. The Bertz CT molecular complexity index is 932. The Morgan fingerprint density at radius 3 is 2.42 bits per heavy atom. The fourth-order valence-electron chi connectivity index (χ4n) is 4.05. The van der Waals surface area contributed by atoms with Gasteiger partial charge in [0.25, 0.3) is 0 Å². The van der Waals surface area contributed by atoms with Crippen molar-refractivity contribution in [3.05, 3.63) is 65.2 Å². The predicted molar refractivity (Wildman–Crippen MR) is 121 cm³/mol. The molecule has 1 saturated heterocycles. The summed E-state index contributed by atoms with van der Waals surface area (Å²) < 4.78 is 31.9. The third-order valence-electron chi connectivity index (χ3n) is 5.96. The number of likely N-dealkylation sites (N-methyl/N-ethyl adjacent to an activating group) is 1. The smallest absolute Gasteiger partial charge is 0.223 e. The van der Waals surface area contributed by atoms with E-state index in [2.05, 4.69) is 10.6 Å². The first-order valence-electron chi connectivity index (χ1n) is 11.2. The lowest BCUT2D eigenvalue weighted by Gasteiger charge is -2.24. The second-order valence-electron chi connectivity index (χ2n) is 8.53. The van der Waals surface area contributed by atoms with Gasteiger partial charge in [0.1, 0.15) is 17.4 Å². The number of hydrogen-bond donors (Lipinski definition) is 2. The zero-order valence-corrected chi connectivity index (χ0v) is 19.1. The zero-order valence-electron chi connectivity index (χ0n) is 19.1. The fraction of sp³-hybridized carbons (Fsp3) is 0.440. The molecule has 2 N–H and O–H groups in total. The van der Waals surface area contributed by atoms with Crippen LogP contribution >= 0.6 is 0 Å². The number of rotatable bonds is 7. The molecule has 8 heteroatoms. The van der Waals surface area contributed by atoms with Gasteiger partial charge in [0.2, 0.25) is 11.8 Å². The van der Waals surface area contributed by atoms with Crippen molar-refractivity contribution < 1.29 is 23.1 Å². The highest BCUT2D eigenvalue weighted by atomic mass is 19.1. The lowest BCUT2D eigenvalue weighted by atomic mass is 9.96. The third kappa shape index (κ3) is 7.53. The Kier molecular flexibility index (Phi) is 8.77. The second-order valence-corrected chi connectivity index (χ2v) is 8.53. The summed E-state index contributed by atoms with van der Waals surface area (Å²) in [5.74, 6) is -1.41. The molecular weight excluding hydrogens is 428 g/mol. The molecule has 2 amide bonds. The summed E-state index contributed by atoms with van der Waals surface area (Å²) in [7, 11) is 3.38. The minimum Gasteiger partial charge on any atom is -0.497 e. The van der Waals surface area contributed by atoms with E-state index in [1.165, 1.54) is 12.1 Å². The van der Waals surface area contributed by atoms with Crippen LogP contribution in [0.3, 0.4) is 0 Å². The second kappa shape index (κ2) is 11.7. The number of ether oxygens (including phenoxy) is 1. The molecule has 0 aromatic heterocycles. The van der Waals surface area contributed by atoms with Gasteiger partial charge in [-0.1, -0.05) is 18.6 Å². The van der Waals surface area contributed by atoms with Crippen molar-refractivity contribution in [3.8, 4) is 5.75 Å². The Balaban J connectivity index is 1.54. The van der Waals surface area contributed by atoms with Crippen LogP contribution in [0.15, 0.2) is 42.5 Å². The number of benzene rings is 2. The normalized spacial score (nSPS) is 19.4. The average molecular weight is 460 g/mol. The van der Waals surface area contributed by atoms with Crippen LogP contribution in [-0.4, -0.2) is 43.5 Å². The molecule has 0 radical (unpaired) electrons. The molecule has 2 atom stereocenters. The molecular formula is C25H31F2N3O3. The van der Waals surface area contributed by atoms with Gasteiger partial charge in [-0.3, -0.25) is 9.59 Å². The number of carbonyl (C=O) groups excluding carboxylic acids is 2. The van der Waals surface area contributed by atoms with Gasteiger partial charge in [-0.05, 0) is 48.2 Å². The summed E-state index contributed by atoms with van der Waals surface area (Å²) in [6.07, 6.45) is 2.30. The molecule has 2 unspecified atom stereocenters. The van der Waals surface area contributed by atoms with E-state index >= 15 is 0 Å². The average Bonchev–Trinajstić information content (AvgIpc) is 2.85. The topological polar surface area (TPSA) is 70.7 Å². The number of nitrogens with one attached hydrogen (secondary N) is 2. The van der Waals surface area contributed by atoms with E-state index in [4.69, 9.17) is 4.74 Å². The monoisotopic (exact) mass is 459 g/mol. The van der Waals surface area contributed by atoms with E-state index in [0.717, 1.165) is 30.2 Å². The van der Waals surface area contributed by atoms with Gasteiger partial charge in [-0.2, -0.15) is 0 Å². The van der Waals surface area contributed by atoms with Gasteiger partial charge in [0.05, 0.1) is 7.11 Å². The maximum Gasteiger partial charge on any atom is 0.223 e. The highest BCUT2D eigenvalue weighted by Gasteiger charge is 2.27. The van der Waals surface area contributed by atoms with Crippen LogP contribution in [0.1, 0.15) is 36.8 Å². The molecule has 0 aliphatic carbocycles. The van der Waals surface area contributed by atoms with Crippen molar-refractivity contribution >= 4 is 11.8 Å². The molecule has 1 aliphatic rings. The maximum absolute atomic E-state index is 13.4. The van der Waals surface area contributed by atoms with E-state index in [-0.39, 0.29) is 30.8 Å². The fourth-order valence-corrected chi connectivity index (χ4v) is 4.05. The minimum atomic E-state index is -0.688. The zero-order chi connectivity index (χ0) is 23.8. The van der Waals surface area contributed by atoms with Crippen LogP contribution in [-0.2, 0) is 22.7 Å². The Hall–Kier alpha value is -3.00. The van der Waals surface area contributed by atoms with Crippen LogP contribution in [0.2, 0.25) is 0 Å². The van der Waals surface area contributed by atoms with E-state index in [0.29, 0.717) is 25.1 Å². The van der Waals surface area contributed by atoms with Crippen LogP contribution < -0.4 is 15.4 Å². The van der Waals surface area contributed by atoms with Crippen molar-refractivity contribution in [2.75, 3.05) is 20.7 Å². The lowest BCUT2D eigenvalue weighted by Crippen LogP contribution is -2.41. The van der Waals surface area contributed by atoms with Gasteiger partial charge in [0.15, 0.2) is 0 Å². The molecule has 0 saturated carbocycles. The van der Waals surface area contributed by atoms with E-state index in [9.17, 15) is 18.4 Å². The molecule has 1 fully saturated rings. The Morgan fingerprint density at radius 2 is 1.76 bits per heavy atom. The number of hydrogen-bond acceptors (Lipinski definition) is 4. The number of methoxy groups -OCH3 is 1. The highest BCUT2D eigenvalue weighted by molar-refractivity contribution is 5.85. The molecule has 1 heterocycles. The van der Waals surface area contributed by atoms with Crippen LogP contribution in [0.25, 0.3) is 0 Å². The third-order valence-corrected chi connectivity index (χ3v) is 5.96. The molecule has 3 rings (SSSR count). The van der Waals surface area contributed by atoms with Crippen LogP contribution in [0.4, 0.5) is 8.78 Å². The number of amides is 2. The number of halogens is 2. The molecule has 2 aromatic carbocycles. The van der Waals surface area contributed by atoms with Gasteiger partial charge in [-0.15, -0.1) is 0 Å². The first-order valence-corrected chi connectivity index (χ1v) is 11.2. The van der Waals surface area contributed by atoms with Gasteiger partial charge in [0, 0.05) is 51.1 Å². The van der Waals surface area contributed by atoms with Crippen molar-refractivity contribution in [3.63, 3.8) is 0 Å². The van der Waals surface area contributed by atoms with Crippen molar-refractivity contribution in [1.82, 2.24) is 15.5 Å². The van der Waals surface area contributed by atoms with Gasteiger partial charge < -0.3 is 20.3 Å². The molecule has 0 bridgehead atoms. The quantitative estimate of drug-likeness (QED) is 0.666. The van der Waals surface area contributed by atoms with Gasteiger partial charge >= 0.3 is 0 Å². The van der Waals surface area contributed by atoms with Crippen molar-refractivity contribution in [2.24, 2.45) is 5.92 Å². The Morgan fingerprint density at radius 1 is 1.06 bits per heavy atom. The number of carbonyl (C=O) groups is 2. The predicted octanol–water partition coefficient (Wildman–Crippen LogP) is 3.40. The highest BCUT2D eigenvalue weighted by Crippen LogP contribution is 2.20. The first kappa shape index (κ1) is 24.6. The lowest BCUT2D eigenvalue weighted by molar-refractivity contribution is -0.135. The summed E-state index contributed by atoms with van der Waals surface area (Å²) in [5, 5.41) is 6.24. The molecule has 1 aliphatic heterocycles. The molecule has 2 aromatic rings. The van der Waals surface area contributed by atoms with E-state index < -0.39 is 17.6 Å². The largest absolute Gasteiger partial charge is 0.497 e. The van der Waals surface area contributed by atoms with Gasteiger partial charge in [-0.25, -0.2) is 8.78 Å². The van der Waals surface area contributed by atoms with Crippen molar-refractivity contribution in [2.45, 2.75) is 44.8 Å². The Labute approximate surface area is 193 Å². The summed E-state index contributed by atoms with van der Waals surface area (Å²) in [4.78, 5) is 27.1. The maximum atomic E-state index is 13.4. The molecule has 6 nitrogen and oxygen atoms in total. The van der Waals surface area contributed by atoms with Crippen LogP contribution in [0.5, 0.6) is 5.75 Å². The molecule has 0 spiro atoms. The SMILES string of the molecule is COc1ccc(CNC2CCCC(C(=O)NCc3cc(F)cc(F)c3)CC(=O)N(C)C2)cc1. The van der Waals surface area contributed by atoms with Crippen molar-refractivity contribution in [1.29, 1.82) is 0 Å².